The van der Waals surface area contributed by atoms with Crippen LogP contribution < -0.4 is 9.46 Å². The zero-order chi connectivity index (χ0) is 14.6. The minimum absolute atomic E-state index is 0.225. The van der Waals surface area contributed by atoms with E-state index in [9.17, 15) is 8.42 Å². The lowest BCUT2D eigenvalue weighted by molar-refractivity contribution is 0.415. The summed E-state index contributed by atoms with van der Waals surface area (Å²) >= 11 is 0. The summed E-state index contributed by atoms with van der Waals surface area (Å²) in [6.07, 6.45) is 1.44. The normalized spacial score (nSPS) is 11.5. The van der Waals surface area contributed by atoms with Gasteiger partial charge in [0.15, 0.2) is 0 Å². The number of benzene rings is 1. The van der Waals surface area contributed by atoms with Crippen molar-refractivity contribution in [1.82, 2.24) is 14.9 Å². The molecule has 8 heteroatoms. The second-order valence-corrected chi connectivity index (χ2v) is 5.98. The standard InChI is InChI=1S/C12H15N3O4S/c1-18-10-5-3-9(4-6-10)12-15-14-11(19-12)7-8-13-20(2,16)17/h3-6,13H,7-8H2,1-2H3. The first-order valence-electron chi connectivity index (χ1n) is 5.89. The number of nitrogens with zero attached hydrogens (tertiary/aromatic N) is 2. The largest absolute Gasteiger partial charge is 0.497 e. The van der Waals surface area contributed by atoms with E-state index in [-0.39, 0.29) is 6.54 Å². The number of aromatic nitrogens is 2. The summed E-state index contributed by atoms with van der Waals surface area (Å²) in [6.45, 7) is 0.225. The fourth-order valence-corrected chi connectivity index (χ4v) is 2.02. The van der Waals surface area contributed by atoms with Gasteiger partial charge < -0.3 is 9.15 Å². The number of hydrogen-bond donors (Lipinski definition) is 1. The summed E-state index contributed by atoms with van der Waals surface area (Å²) in [5.74, 6) is 1.51. The average molecular weight is 297 g/mol. The fourth-order valence-electron chi connectivity index (χ4n) is 1.55. The maximum Gasteiger partial charge on any atom is 0.247 e. The molecule has 0 saturated heterocycles. The number of methoxy groups -OCH3 is 1. The summed E-state index contributed by atoms with van der Waals surface area (Å²) < 4.78 is 34.7. The van der Waals surface area contributed by atoms with Crippen molar-refractivity contribution in [2.24, 2.45) is 0 Å². The molecular formula is C12H15N3O4S. The number of hydrogen-bond acceptors (Lipinski definition) is 6. The van der Waals surface area contributed by atoms with Gasteiger partial charge >= 0.3 is 0 Å². The van der Waals surface area contributed by atoms with Crippen molar-refractivity contribution in [3.63, 3.8) is 0 Å². The molecule has 1 aromatic carbocycles. The lowest BCUT2D eigenvalue weighted by atomic mass is 10.2. The Labute approximate surface area is 117 Å². The second-order valence-electron chi connectivity index (χ2n) is 4.15. The Morgan fingerprint density at radius 1 is 1.25 bits per heavy atom. The zero-order valence-electron chi connectivity index (χ0n) is 11.2. The Balaban J connectivity index is 2.01. The van der Waals surface area contributed by atoms with Gasteiger partial charge in [-0.3, -0.25) is 0 Å². The van der Waals surface area contributed by atoms with Crippen LogP contribution in [0.2, 0.25) is 0 Å². The Hall–Kier alpha value is -1.93. The molecule has 0 aliphatic heterocycles. The Morgan fingerprint density at radius 3 is 2.55 bits per heavy atom. The van der Waals surface area contributed by atoms with Crippen molar-refractivity contribution < 1.29 is 17.6 Å². The highest BCUT2D eigenvalue weighted by Crippen LogP contribution is 2.21. The van der Waals surface area contributed by atoms with E-state index in [2.05, 4.69) is 14.9 Å². The van der Waals surface area contributed by atoms with Crippen LogP contribution in [0.1, 0.15) is 5.89 Å². The third kappa shape index (κ3) is 4.04. The minimum Gasteiger partial charge on any atom is -0.497 e. The van der Waals surface area contributed by atoms with Crippen LogP contribution in [-0.4, -0.2) is 38.5 Å². The molecule has 0 aliphatic rings. The Kier molecular flexibility index (Phi) is 4.35. The number of nitrogens with one attached hydrogen (secondary N) is 1. The van der Waals surface area contributed by atoms with Gasteiger partial charge in [-0.1, -0.05) is 0 Å². The second kappa shape index (κ2) is 6.02. The highest BCUT2D eigenvalue weighted by atomic mass is 32.2. The smallest absolute Gasteiger partial charge is 0.247 e. The monoisotopic (exact) mass is 297 g/mol. The molecule has 0 radical (unpaired) electrons. The van der Waals surface area contributed by atoms with Gasteiger partial charge in [0.05, 0.1) is 13.4 Å². The molecule has 0 unspecified atom stereocenters. The molecule has 108 valence electrons. The molecule has 0 spiro atoms. The molecule has 1 N–H and O–H groups in total. The zero-order valence-corrected chi connectivity index (χ0v) is 12.0. The summed E-state index contributed by atoms with van der Waals surface area (Å²) in [7, 11) is -1.61. The molecule has 2 rings (SSSR count). The van der Waals surface area contributed by atoms with Crippen LogP contribution in [0.25, 0.3) is 11.5 Å². The lowest BCUT2D eigenvalue weighted by Crippen LogP contribution is -2.24. The molecule has 1 heterocycles. The van der Waals surface area contributed by atoms with E-state index in [0.29, 0.717) is 18.2 Å². The maximum absolute atomic E-state index is 10.9. The molecule has 1 aromatic heterocycles. The predicted octanol–water partition coefficient (Wildman–Crippen LogP) is 0.837. The first-order chi connectivity index (χ1) is 9.48. The van der Waals surface area contributed by atoms with Gasteiger partial charge in [-0.25, -0.2) is 13.1 Å². The summed E-state index contributed by atoms with van der Waals surface area (Å²) in [6, 6.07) is 7.21. The Morgan fingerprint density at radius 2 is 1.95 bits per heavy atom. The van der Waals surface area contributed by atoms with Gasteiger partial charge in [0, 0.05) is 18.5 Å². The molecule has 2 aromatic rings. The molecule has 0 fully saturated rings. The van der Waals surface area contributed by atoms with Crippen molar-refractivity contribution in [1.29, 1.82) is 0 Å². The van der Waals surface area contributed by atoms with E-state index in [4.69, 9.17) is 9.15 Å². The van der Waals surface area contributed by atoms with Crippen LogP contribution in [0, 0.1) is 0 Å². The third-order valence-electron chi connectivity index (χ3n) is 2.51. The van der Waals surface area contributed by atoms with E-state index < -0.39 is 10.0 Å². The number of ether oxygens (including phenoxy) is 1. The van der Waals surface area contributed by atoms with E-state index in [1.807, 2.05) is 12.1 Å². The maximum atomic E-state index is 10.9. The van der Waals surface area contributed by atoms with Gasteiger partial charge in [0.2, 0.25) is 21.8 Å². The first-order valence-corrected chi connectivity index (χ1v) is 7.78. The van der Waals surface area contributed by atoms with Gasteiger partial charge in [-0.05, 0) is 24.3 Å². The number of rotatable bonds is 6. The number of sulfonamides is 1. The van der Waals surface area contributed by atoms with E-state index in [1.54, 1.807) is 19.2 Å². The van der Waals surface area contributed by atoms with Crippen LogP contribution in [-0.2, 0) is 16.4 Å². The third-order valence-corrected chi connectivity index (χ3v) is 3.24. The van der Waals surface area contributed by atoms with Gasteiger partial charge in [-0.15, -0.1) is 10.2 Å². The molecule has 7 nitrogen and oxygen atoms in total. The van der Waals surface area contributed by atoms with Gasteiger partial charge in [0.25, 0.3) is 0 Å². The summed E-state index contributed by atoms with van der Waals surface area (Å²) in [5.41, 5.74) is 0.778. The highest BCUT2D eigenvalue weighted by molar-refractivity contribution is 7.88. The summed E-state index contributed by atoms with van der Waals surface area (Å²) in [5, 5.41) is 7.79. The van der Waals surface area contributed by atoms with Crippen molar-refractivity contribution in [2.45, 2.75) is 6.42 Å². The van der Waals surface area contributed by atoms with E-state index in [0.717, 1.165) is 17.6 Å². The van der Waals surface area contributed by atoms with Crippen LogP contribution in [0.15, 0.2) is 28.7 Å². The van der Waals surface area contributed by atoms with E-state index >= 15 is 0 Å². The van der Waals surface area contributed by atoms with Crippen molar-refractivity contribution in [3.05, 3.63) is 30.2 Å². The predicted molar refractivity (Wildman–Crippen MR) is 72.8 cm³/mol. The SMILES string of the molecule is COc1ccc(-c2nnc(CCNS(C)(=O)=O)o2)cc1. The molecule has 0 saturated carbocycles. The van der Waals surface area contributed by atoms with Crippen LogP contribution in [0.5, 0.6) is 5.75 Å². The molecule has 0 bridgehead atoms. The molecule has 0 amide bonds. The van der Waals surface area contributed by atoms with Crippen molar-refractivity contribution in [2.75, 3.05) is 19.9 Å². The Bertz CT molecular complexity index is 664. The topological polar surface area (TPSA) is 94.3 Å². The molecule has 20 heavy (non-hydrogen) atoms. The van der Waals surface area contributed by atoms with Crippen LogP contribution in [0.4, 0.5) is 0 Å². The summed E-state index contributed by atoms with van der Waals surface area (Å²) in [4.78, 5) is 0. The molecule has 0 atom stereocenters. The van der Waals surface area contributed by atoms with Gasteiger partial charge in [0.1, 0.15) is 5.75 Å². The van der Waals surface area contributed by atoms with Crippen molar-refractivity contribution in [3.8, 4) is 17.2 Å². The van der Waals surface area contributed by atoms with E-state index in [1.165, 1.54) is 0 Å². The van der Waals surface area contributed by atoms with Crippen LogP contribution >= 0.6 is 0 Å². The quantitative estimate of drug-likeness (QED) is 0.849. The lowest BCUT2D eigenvalue weighted by Gasteiger charge is -1.99. The van der Waals surface area contributed by atoms with Crippen LogP contribution in [0.3, 0.4) is 0 Å². The fraction of sp³-hybridized carbons (Fsp3) is 0.333. The highest BCUT2D eigenvalue weighted by Gasteiger charge is 2.09. The van der Waals surface area contributed by atoms with Crippen molar-refractivity contribution >= 4 is 10.0 Å². The van der Waals surface area contributed by atoms with Gasteiger partial charge in [-0.2, -0.15) is 0 Å². The minimum atomic E-state index is -3.20. The first kappa shape index (κ1) is 14.5. The average Bonchev–Trinajstić information content (AvgIpc) is 2.86. The molecule has 0 aliphatic carbocycles. The molecular weight excluding hydrogens is 282 g/mol.